The number of sulfonamides is 1. The highest BCUT2D eigenvalue weighted by atomic mass is 32.2. The zero-order chi connectivity index (χ0) is 24.4. The van der Waals surface area contributed by atoms with Gasteiger partial charge in [0.15, 0.2) is 0 Å². The number of hydrogen-bond donors (Lipinski definition) is 1. The maximum Gasteiger partial charge on any atom is 0.419 e. The second kappa shape index (κ2) is 9.06. The van der Waals surface area contributed by atoms with Crippen LogP contribution in [-0.2, 0) is 16.2 Å². The van der Waals surface area contributed by atoms with Crippen LogP contribution in [0.1, 0.15) is 15.9 Å². The molecule has 1 N–H and O–H groups in total. The number of nitrogens with zero attached hydrogens (tertiary/aromatic N) is 1. The minimum atomic E-state index is -4.94. The van der Waals surface area contributed by atoms with E-state index in [-0.39, 0.29) is 28.5 Å². The molecule has 0 saturated carbocycles. The fourth-order valence-corrected chi connectivity index (χ4v) is 3.32. The molecule has 1 amide bonds. The summed E-state index contributed by atoms with van der Waals surface area (Å²) in [6.07, 6.45) is -2.70. The molecule has 7 nitrogen and oxygen atoms in total. The number of amides is 1. The Morgan fingerprint density at radius 2 is 1.79 bits per heavy atom. The van der Waals surface area contributed by atoms with E-state index in [4.69, 9.17) is 9.47 Å². The lowest BCUT2D eigenvalue weighted by Crippen LogP contribution is -2.29. The number of nitrogens with one attached hydrogen (secondary N) is 1. The molecular weight excluding hydrogens is 468 g/mol. The Morgan fingerprint density at radius 1 is 1.06 bits per heavy atom. The van der Waals surface area contributed by atoms with E-state index in [0.717, 1.165) is 12.3 Å². The first-order valence-electron chi connectivity index (χ1n) is 9.09. The van der Waals surface area contributed by atoms with Gasteiger partial charge in [0, 0.05) is 22.9 Å². The standard InChI is InChI=1S/C21H16F4N2O5S/c1-31-20-14(4-3-9-26-20)15-10-12(19(28)27-33(2,29)30)5-8-18(15)32-13-6-7-17(22)16(11-13)21(23,24)25/h3-11H,1-2H3,(H,27,28). The lowest BCUT2D eigenvalue weighted by atomic mass is 10.0. The molecule has 174 valence electrons. The van der Waals surface area contributed by atoms with Crippen LogP contribution < -0.4 is 14.2 Å². The normalized spacial score (nSPS) is 11.7. The Balaban J connectivity index is 2.13. The van der Waals surface area contributed by atoms with Crippen LogP contribution in [0.5, 0.6) is 17.4 Å². The van der Waals surface area contributed by atoms with E-state index in [2.05, 4.69) is 4.98 Å². The van der Waals surface area contributed by atoms with Crippen molar-refractivity contribution in [1.29, 1.82) is 0 Å². The highest BCUT2D eigenvalue weighted by Gasteiger charge is 2.34. The number of rotatable bonds is 6. The quantitative estimate of drug-likeness (QED) is 0.522. The molecule has 12 heteroatoms. The molecule has 0 aliphatic rings. The van der Waals surface area contributed by atoms with Crippen LogP contribution in [-0.4, -0.2) is 32.7 Å². The third-order valence-corrected chi connectivity index (χ3v) is 4.80. The van der Waals surface area contributed by atoms with Crippen molar-refractivity contribution in [2.45, 2.75) is 6.18 Å². The van der Waals surface area contributed by atoms with Crippen molar-refractivity contribution in [1.82, 2.24) is 9.71 Å². The Hall–Kier alpha value is -3.67. The van der Waals surface area contributed by atoms with Gasteiger partial charge < -0.3 is 9.47 Å². The van der Waals surface area contributed by atoms with Gasteiger partial charge in [-0.3, -0.25) is 4.79 Å². The summed E-state index contributed by atoms with van der Waals surface area (Å²) >= 11 is 0. The number of methoxy groups -OCH3 is 1. The topological polar surface area (TPSA) is 94.6 Å². The monoisotopic (exact) mass is 484 g/mol. The zero-order valence-electron chi connectivity index (χ0n) is 17.1. The lowest BCUT2D eigenvalue weighted by Gasteiger charge is -2.16. The SMILES string of the molecule is COc1ncccc1-c1cc(C(=O)NS(C)(=O)=O)ccc1Oc1ccc(F)c(C(F)(F)F)c1. The number of ether oxygens (including phenoxy) is 2. The Labute approximate surface area is 186 Å². The highest BCUT2D eigenvalue weighted by Crippen LogP contribution is 2.40. The molecular formula is C21H16F4N2O5S. The molecule has 0 fully saturated rings. The van der Waals surface area contributed by atoms with Crippen molar-refractivity contribution in [2.75, 3.05) is 13.4 Å². The summed E-state index contributed by atoms with van der Waals surface area (Å²) in [5, 5.41) is 0. The van der Waals surface area contributed by atoms with Gasteiger partial charge >= 0.3 is 6.18 Å². The molecule has 33 heavy (non-hydrogen) atoms. The first kappa shape index (κ1) is 24.0. The van der Waals surface area contributed by atoms with Crippen molar-refractivity contribution in [3.63, 3.8) is 0 Å². The van der Waals surface area contributed by atoms with Gasteiger partial charge in [0.05, 0.1) is 18.9 Å². The molecule has 0 aliphatic carbocycles. The molecule has 3 aromatic rings. The highest BCUT2D eigenvalue weighted by molar-refractivity contribution is 7.89. The van der Waals surface area contributed by atoms with Gasteiger partial charge in [0.1, 0.15) is 17.3 Å². The smallest absolute Gasteiger partial charge is 0.419 e. The first-order valence-corrected chi connectivity index (χ1v) is 11.0. The van der Waals surface area contributed by atoms with Gasteiger partial charge in [0.25, 0.3) is 5.91 Å². The second-order valence-corrected chi connectivity index (χ2v) is 8.46. The summed E-state index contributed by atoms with van der Waals surface area (Å²) in [5.41, 5.74) is -1.12. The van der Waals surface area contributed by atoms with Crippen molar-refractivity contribution in [3.05, 3.63) is 71.7 Å². The van der Waals surface area contributed by atoms with Crippen molar-refractivity contribution < 1.29 is 40.2 Å². The van der Waals surface area contributed by atoms with Crippen molar-refractivity contribution in [3.8, 4) is 28.5 Å². The van der Waals surface area contributed by atoms with E-state index in [0.29, 0.717) is 17.7 Å². The average Bonchev–Trinajstić information content (AvgIpc) is 2.73. The molecule has 0 radical (unpaired) electrons. The molecule has 0 saturated heterocycles. The predicted octanol–water partition coefficient (Wildman–Crippen LogP) is 4.40. The molecule has 0 atom stereocenters. The van der Waals surface area contributed by atoms with Crippen LogP contribution >= 0.6 is 0 Å². The van der Waals surface area contributed by atoms with Gasteiger partial charge in [-0.1, -0.05) is 0 Å². The van der Waals surface area contributed by atoms with Crippen LogP contribution in [0.4, 0.5) is 17.6 Å². The number of benzene rings is 2. The molecule has 0 aliphatic heterocycles. The number of hydrogen-bond acceptors (Lipinski definition) is 6. The van der Waals surface area contributed by atoms with E-state index in [1.165, 1.54) is 31.5 Å². The van der Waals surface area contributed by atoms with E-state index < -0.39 is 33.5 Å². The van der Waals surface area contributed by atoms with Crippen LogP contribution in [0.25, 0.3) is 11.1 Å². The Morgan fingerprint density at radius 3 is 2.42 bits per heavy atom. The maximum absolute atomic E-state index is 13.6. The summed E-state index contributed by atoms with van der Waals surface area (Å²) in [6, 6.07) is 8.98. The Kier molecular flexibility index (Phi) is 6.58. The van der Waals surface area contributed by atoms with Crippen LogP contribution in [0, 0.1) is 5.82 Å². The van der Waals surface area contributed by atoms with Gasteiger partial charge in [0.2, 0.25) is 15.9 Å². The molecule has 0 spiro atoms. The predicted molar refractivity (Wildman–Crippen MR) is 110 cm³/mol. The van der Waals surface area contributed by atoms with Gasteiger partial charge in [-0.2, -0.15) is 13.2 Å². The average molecular weight is 484 g/mol. The van der Waals surface area contributed by atoms with E-state index in [9.17, 15) is 30.8 Å². The Bertz CT molecular complexity index is 1310. The molecule has 1 aromatic heterocycles. The summed E-state index contributed by atoms with van der Waals surface area (Å²) in [4.78, 5) is 16.4. The second-order valence-electron chi connectivity index (χ2n) is 6.72. The lowest BCUT2D eigenvalue weighted by molar-refractivity contribution is -0.140. The summed E-state index contributed by atoms with van der Waals surface area (Å²) in [5.74, 6) is -2.62. The summed E-state index contributed by atoms with van der Waals surface area (Å²) in [6.45, 7) is 0. The third kappa shape index (κ3) is 5.77. The van der Waals surface area contributed by atoms with Crippen LogP contribution in [0.15, 0.2) is 54.7 Å². The third-order valence-electron chi connectivity index (χ3n) is 4.25. The minimum absolute atomic E-state index is 0.0167. The molecule has 0 unspecified atom stereocenters. The van der Waals surface area contributed by atoms with E-state index in [1.807, 2.05) is 4.72 Å². The number of pyridine rings is 1. The van der Waals surface area contributed by atoms with E-state index in [1.54, 1.807) is 12.1 Å². The van der Waals surface area contributed by atoms with Gasteiger partial charge in [-0.05, 0) is 48.5 Å². The van der Waals surface area contributed by atoms with Crippen LogP contribution in [0.3, 0.4) is 0 Å². The minimum Gasteiger partial charge on any atom is -0.481 e. The molecule has 2 aromatic carbocycles. The number of aromatic nitrogens is 1. The van der Waals surface area contributed by atoms with Gasteiger partial charge in [-0.15, -0.1) is 0 Å². The number of carbonyl (C=O) groups is 1. The molecule has 1 heterocycles. The molecule has 3 rings (SSSR count). The van der Waals surface area contributed by atoms with Crippen LogP contribution in [0.2, 0.25) is 0 Å². The maximum atomic E-state index is 13.6. The largest absolute Gasteiger partial charge is 0.481 e. The fraction of sp³-hybridized carbons (Fsp3) is 0.143. The molecule has 0 bridgehead atoms. The zero-order valence-corrected chi connectivity index (χ0v) is 17.9. The fourth-order valence-electron chi connectivity index (χ4n) is 2.87. The number of halogens is 4. The van der Waals surface area contributed by atoms with Gasteiger partial charge in [-0.25, -0.2) is 22.5 Å². The van der Waals surface area contributed by atoms with Crippen molar-refractivity contribution >= 4 is 15.9 Å². The first-order chi connectivity index (χ1) is 15.4. The summed E-state index contributed by atoms with van der Waals surface area (Å²) < 4.78 is 88.3. The van der Waals surface area contributed by atoms with E-state index >= 15 is 0 Å². The number of carbonyl (C=O) groups excluding carboxylic acids is 1. The van der Waals surface area contributed by atoms with Crippen molar-refractivity contribution in [2.24, 2.45) is 0 Å². The number of alkyl halides is 3. The summed E-state index contributed by atoms with van der Waals surface area (Å²) in [7, 11) is -2.52.